The molecule has 1 amide bonds. The lowest BCUT2D eigenvalue weighted by Crippen LogP contribution is -2.13. The minimum atomic E-state index is -0.813. The van der Waals surface area contributed by atoms with Crippen molar-refractivity contribution in [2.45, 2.75) is 12.8 Å². The summed E-state index contributed by atoms with van der Waals surface area (Å²) in [5.74, 6) is -1.06. The molecule has 3 rings (SSSR count). The molecule has 1 heterocycles. The number of ether oxygens (including phenoxy) is 1. The van der Waals surface area contributed by atoms with Gasteiger partial charge in [-0.3, -0.25) is 4.79 Å². The molecule has 0 aliphatic carbocycles. The van der Waals surface area contributed by atoms with Gasteiger partial charge in [-0.2, -0.15) is 0 Å². The third kappa shape index (κ3) is 4.68. The van der Waals surface area contributed by atoms with E-state index in [1.807, 2.05) is 36.4 Å². The molecule has 27 heavy (non-hydrogen) atoms. The Morgan fingerprint density at radius 1 is 1.11 bits per heavy atom. The van der Waals surface area contributed by atoms with E-state index in [2.05, 4.69) is 4.98 Å². The molecule has 3 aromatic rings. The molecule has 0 atom stereocenters. The molecule has 0 unspecified atom stereocenters. The second-order valence-electron chi connectivity index (χ2n) is 6.02. The van der Waals surface area contributed by atoms with E-state index in [4.69, 9.17) is 15.6 Å². The average Bonchev–Trinajstić information content (AvgIpc) is 2.68. The number of halogens is 1. The van der Waals surface area contributed by atoms with Gasteiger partial charge in [0.25, 0.3) is 5.91 Å². The van der Waals surface area contributed by atoms with Gasteiger partial charge in [-0.25, -0.2) is 9.37 Å². The minimum Gasteiger partial charge on any atom is -0.438 e. The van der Waals surface area contributed by atoms with Crippen molar-refractivity contribution < 1.29 is 19.0 Å². The number of carbonyl (C=O) groups is 1. The highest BCUT2D eigenvalue weighted by Gasteiger charge is 2.14. The molecule has 2 aromatic carbocycles. The average molecular weight is 366 g/mol. The predicted octanol–water partition coefficient (Wildman–Crippen LogP) is 3.70. The molecule has 0 spiro atoms. The topological polar surface area (TPSA) is 85.4 Å². The molecule has 0 aliphatic heterocycles. The van der Waals surface area contributed by atoms with Gasteiger partial charge < -0.3 is 15.6 Å². The van der Waals surface area contributed by atoms with Crippen molar-refractivity contribution in [3.63, 3.8) is 0 Å². The number of nitrogens with zero attached hydrogens (tertiary/aromatic N) is 1. The summed E-state index contributed by atoms with van der Waals surface area (Å²) >= 11 is 0. The Bertz CT molecular complexity index is 942. The maximum absolute atomic E-state index is 13.3. The molecule has 0 fully saturated rings. The first kappa shape index (κ1) is 18.5. The lowest BCUT2D eigenvalue weighted by atomic mass is 10.0. The van der Waals surface area contributed by atoms with Gasteiger partial charge in [0.1, 0.15) is 17.1 Å². The lowest BCUT2D eigenvalue weighted by Gasteiger charge is -2.10. The van der Waals surface area contributed by atoms with Crippen molar-refractivity contribution in [1.29, 1.82) is 0 Å². The van der Waals surface area contributed by atoms with Crippen LogP contribution in [-0.4, -0.2) is 22.6 Å². The largest absolute Gasteiger partial charge is 0.438 e. The highest BCUT2D eigenvalue weighted by molar-refractivity contribution is 5.95. The van der Waals surface area contributed by atoms with Gasteiger partial charge in [-0.05, 0) is 47.7 Å². The number of hydrogen-bond acceptors (Lipinski definition) is 4. The number of amides is 1. The number of aromatic nitrogens is 1. The zero-order valence-corrected chi connectivity index (χ0v) is 14.6. The fourth-order valence-corrected chi connectivity index (χ4v) is 2.68. The number of rotatable bonds is 7. The molecular formula is C21H19FN2O3. The fourth-order valence-electron chi connectivity index (χ4n) is 2.68. The van der Waals surface area contributed by atoms with E-state index in [1.54, 1.807) is 12.1 Å². The number of hydrogen-bond donors (Lipinski definition) is 2. The first-order valence-corrected chi connectivity index (χ1v) is 8.50. The minimum absolute atomic E-state index is 0.0413. The number of primary amides is 1. The third-order valence-electron chi connectivity index (χ3n) is 4.04. The summed E-state index contributed by atoms with van der Waals surface area (Å²) in [5, 5.41) is 8.91. The Morgan fingerprint density at radius 2 is 1.89 bits per heavy atom. The quantitative estimate of drug-likeness (QED) is 0.668. The smallest absolute Gasteiger partial charge is 0.254 e. The SMILES string of the molecule is NC(=O)c1cc(F)cnc1Oc1cccc(-c2ccc(CCCO)cc2)c1. The van der Waals surface area contributed by atoms with Gasteiger partial charge in [0.2, 0.25) is 5.88 Å². The van der Waals surface area contributed by atoms with Crippen LogP contribution in [0.5, 0.6) is 11.6 Å². The van der Waals surface area contributed by atoms with E-state index in [0.717, 1.165) is 41.8 Å². The van der Waals surface area contributed by atoms with Crippen LogP contribution in [0.25, 0.3) is 11.1 Å². The van der Waals surface area contributed by atoms with Crippen LogP contribution < -0.4 is 10.5 Å². The number of aryl methyl sites for hydroxylation is 1. The van der Waals surface area contributed by atoms with E-state index < -0.39 is 11.7 Å². The summed E-state index contributed by atoms with van der Waals surface area (Å²) in [5.41, 5.74) is 8.22. The summed E-state index contributed by atoms with van der Waals surface area (Å²) in [6, 6.07) is 16.3. The summed E-state index contributed by atoms with van der Waals surface area (Å²) in [4.78, 5) is 15.3. The maximum Gasteiger partial charge on any atom is 0.254 e. The number of carbonyl (C=O) groups excluding carboxylic acids is 1. The molecule has 3 N–H and O–H groups in total. The number of benzene rings is 2. The molecular weight excluding hydrogens is 347 g/mol. The van der Waals surface area contributed by atoms with Gasteiger partial charge in [0.15, 0.2) is 0 Å². The van der Waals surface area contributed by atoms with E-state index in [9.17, 15) is 9.18 Å². The molecule has 0 saturated heterocycles. The van der Waals surface area contributed by atoms with Crippen LogP contribution in [0, 0.1) is 5.82 Å². The van der Waals surface area contributed by atoms with Crippen LogP contribution >= 0.6 is 0 Å². The van der Waals surface area contributed by atoms with E-state index in [1.165, 1.54) is 0 Å². The van der Waals surface area contributed by atoms with Crippen LogP contribution in [0.3, 0.4) is 0 Å². The van der Waals surface area contributed by atoms with Crippen molar-refractivity contribution in [2.24, 2.45) is 5.73 Å². The van der Waals surface area contributed by atoms with Gasteiger partial charge in [0, 0.05) is 6.61 Å². The first-order valence-electron chi connectivity index (χ1n) is 8.50. The van der Waals surface area contributed by atoms with Gasteiger partial charge in [-0.15, -0.1) is 0 Å². The summed E-state index contributed by atoms with van der Waals surface area (Å²) in [6.07, 6.45) is 2.53. The monoisotopic (exact) mass is 366 g/mol. The van der Waals surface area contributed by atoms with Crippen LogP contribution in [-0.2, 0) is 6.42 Å². The lowest BCUT2D eigenvalue weighted by molar-refractivity contribution is 0.0997. The van der Waals surface area contributed by atoms with Crippen molar-refractivity contribution in [2.75, 3.05) is 6.61 Å². The van der Waals surface area contributed by atoms with E-state index >= 15 is 0 Å². The first-order chi connectivity index (χ1) is 13.1. The second kappa shape index (κ2) is 8.42. The Balaban J connectivity index is 1.83. The summed E-state index contributed by atoms with van der Waals surface area (Å²) in [7, 11) is 0. The molecule has 1 aromatic heterocycles. The van der Waals surface area contributed by atoms with Crippen molar-refractivity contribution in [3.05, 3.63) is 77.7 Å². The summed E-state index contributed by atoms with van der Waals surface area (Å²) < 4.78 is 19.0. The molecule has 6 heteroatoms. The standard InChI is InChI=1S/C21H19FN2O3/c22-17-12-19(20(23)26)21(24-13-17)27-18-5-1-4-16(11-18)15-8-6-14(7-9-15)3-2-10-25/h1,4-9,11-13,25H,2-3,10H2,(H2,23,26). The predicted molar refractivity (Wildman–Crippen MR) is 100 cm³/mol. The number of aliphatic hydroxyl groups excluding tert-OH is 1. The molecule has 0 aliphatic rings. The zero-order valence-electron chi connectivity index (χ0n) is 14.6. The molecule has 0 bridgehead atoms. The maximum atomic E-state index is 13.3. The van der Waals surface area contributed by atoms with Crippen LogP contribution in [0.2, 0.25) is 0 Å². The fraction of sp³-hybridized carbons (Fsp3) is 0.143. The van der Waals surface area contributed by atoms with Crippen LogP contribution in [0.15, 0.2) is 60.8 Å². The van der Waals surface area contributed by atoms with Crippen molar-refractivity contribution >= 4 is 5.91 Å². The molecule has 0 saturated carbocycles. The normalized spacial score (nSPS) is 10.6. The highest BCUT2D eigenvalue weighted by atomic mass is 19.1. The van der Waals surface area contributed by atoms with E-state index in [0.29, 0.717) is 5.75 Å². The van der Waals surface area contributed by atoms with Gasteiger partial charge in [-0.1, -0.05) is 36.4 Å². The molecule has 138 valence electrons. The number of nitrogens with two attached hydrogens (primary N) is 1. The molecule has 5 nitrogen and oxygen atoms in total. The van der Waals surface area contributed by atoms with Gasteiger partial charge >= 0.3 is 0 Å². The van der Waals surface area contributed by atoms with E-state index in [-0.39, 0.29) is 18.1 Å². The Labute approximate surface area is 156 Å². The van der Waals surface area contributed by atoms with Gasteiger partial charge in [0.05, 0.1) is 6.20 Å². The second-order valence-corrected chi connectivity index (χ2v) is 6.02. The van der Waals surface area contributed by atoms with Crippen molar-refractivity contribution in [1.82, 2.24) is 4.98 Å². The van der Waals surface area contributed by atoms with Crippen LogP contribution in [0.1, 0.15) is 22.3 Å². The number of pyridine rings is 1. The third-order valence-corrected chi connectivity index (χ3v) is 4.04. The Morgan fingerprint density at radius 3 is 2.59 bits per heavy atom. The highest BCUT2D eigenvalue weighted by Crippen LogP contribution is 2.28. The Hall–Kier alpha value is -3.25. The van der Waals surface area contributed by atoms with Crippen LogP contribution in [0.4, 0.5) is 4.39 Å². The number of aliphatic hydroxyl groups is 1. The van der Waals surface area contributed by atoms with Crippen molar-refractivity contribution in [3.8, 4) is 22.8 Å². The Kier molecular flexibility index (Phi) is 5.78. The summed E-state index contributed by atoms with van der Waals surface area (Å²) in [6.45, 7) is 0.172. The zero-order chi connectivity index (χ0) is 19.2. The molecule has 0 radical (unpaired) electrons.